The number of thiocarbonyl (C=S) groups is 1. The molecule has 0 aliphatic carbocycles. The topological polar surface area (TPSA) is 70.2 Å². The molecule has 0 unspecified atom stereocenters. The Balaban J connectivity index is 2.83. The van der Waals surface area contributed by atoms with E-state index in [0.29, 0.717) is 16.4 Å². The van der Waals surface area contributed by atoms with E-state index in [1.807, 2.05) is 0 Å². The molecule has 112 valence electrons. The molecule has 0 spiro atoms. The maximum atomic E-state index is 11.9. The third-order valence-corrected chi connectivity index (χ3v) is 4.62. The van der Waals surface area contributed by atoms with Gasteiger partial charge >= 0.3 is 0 Å². The summed E-state index contributed by atoms with van der Waals surface area (Å²) in [6.45, 7) is 4.66. The Morgan fingerprint density at radius 3 is 2.65 bits per heavy atom. The van der Waals surface area contributed by atoms with E-state index in [2.05, 4.69) is 22.3 Å². The second-order valence-electron chi connectivity index (χ2n) is 4.42. The molecule has 0 heterocycles. The van der Waals surface area contributed by atoms with Crippen molar-refractivity contribution >= 4 is 33.0 Å². The minimum atomic E-state index is -3.46. The van der Waals surface area contributed by atoms with Crippen LogP contribution in [-0.4, -0.2) is 27.1 Å². The van der Waals surface area contributed by atoms with Crippen molar-refractivity contribution < 1.29 is 8.42 Å². The smallest absolute Gasteiger partial charge is 0.240 e. The van der Waals surface area contributed by atoms with Crippen molar-refractivity contribution in [2.45, 2.75) is 31.6 Å². The zero-order valence-corrected chi connectivity index (χ0v) is 13.6. The number of anilines is 1. The van der Waals surface area contributed by atoms with Crippen LogP contribution in [0.2, 0.25) is 0 Å². The molecule has 3 N–H and O–H groups in total. The molecule has 1 rings (SSSR count). The minimum Gasteiger partial charge on any atom is -0.362 e. The quantitative estimate of drug-likeness (QED) is 0.553. The molecule has 20 heavy (non-hydrogen) atoms. The van der Waals surface area contributed by atoms with Crippen LogP contribution < -0.4 is 15.4 Å². The summed E-state index contributed by atoms with van der Waals surface area (Å²) >= 11 is 5.16. The van der Waals surface area contributed by atoms with Crippen LogP contribution in [0.5, 0.6) is 0 Å². The number of rotatable bonds is 6. The van der Waals surface area contributed by atoms with Gasteiger partial charge in [0.15, 0.2) is 5.11 Å². The summed E-state index contributed by atoms with van der Waals surface area (Å²) in [5.41, 5.74) is 1.34. The molecule has 0 fully saturated rings. The Morgan fingerprint density at radius 1 is 1.35 bits per heavy atom. The van der Waals surface area contributed by atoms with E-state index >= 15 is 0 Å². The lowest BCUT2D eigenvalue weighted by molar-refractivity contribution is 0.587. The maximum absolute atomic E-state index is 11.9. The first-order valence-corrected chi connectivity index (χ1v) is 8.39. The van der Waals surface area contributed by atoms with E-state index in [-0.39, 0.29) is 4.90 Å². The van der Waals surface area contributed by atoms with Gasteiger partial charge in [0.1, 0.15) is 0 Å². The fourth-order valence-electron chi connectivity index (χ4n) is 1.63. The summed E-state index contributed by atoms with van der Waals surface area (Å²) < 4.78 is 26.1. The number of hydrogen-bond acceptors (Lipinski definition) is 3. The van der Waals surface area contributed by atoms with Gasteiger partial charge in [-0.2, -0.15) is 0 Å². The molecular formula is C13H21N3O2S2. The molecule has 0 saturated heterocycles. The number of nitrogens with one attached hydrogen (secondary N) is 3. The highest BCUT2D eigenvalue weighted by Gasteiger charge is 2.15. The summed E-state index contributed by atoms with van der Waals surface area (Å²) in [6.07, 6.45) is 2.12. The first kappa shape index (κ1) is 16.9. The predicted octanol–water partition coefficient (Wildman–Crippen LogP) is 1.99. The minimum absolute atomic E-state index is 0.251. The van der Waals surface area contributed by atoms with Crippen molar-refractivity contribution in [2.75, 3.05) is 18.9 Å². The standard InChI is InChI=1S/C13H21N3O2S2/c1-4-5-8-15-13(19)16-11-7-6-10(2)12(9-11)20(17,18)14-3/h6-7,9,14H,4-5,8H2,1-3H3,(H2,15,16,19). The molecule has 1 aromatic carbocycles. The predicted molar refractivity (Wildman–Crippen MR) is 86.6 cm³/mol. The third-order valence-electron chi connectivity index (χ3n) is 2.82. The average molecular weight is 315 g/mol. The van der Waals surface area contributed by atoms with Crippen molar-refractivity contribution in [1.29, 1.82) is 0 Å². The molecule has 0 aliphatic heterocycles. The van der Waals surface area contributed by atoms with Gasteiger partial charge in [-0.25, -0.2) is 13.1 Å². The van der Waals surface area contributed by atoms with Crippen molar-refractivity contribution in [3.63, 3.8) is 0 Å². The lowest BCUT2D eigenvalue weighted by atomic mass is 10.2. The Bertz CT molecular complexity index is 571. The molecule has 0 radical (unpaired) electrons. The molecule has 0 amide bonds. The van der Waals surface area contributed by atoms with Gasteiger partial charge in [-0.15, -0.1) is 0 Å². The molecular weight excluding hydrogens is 294 g/mol. The number of hydrogen-bond donors (Lipinski definition) is 3. The SMILES string of the molecule is CCCCNC(=S)Nc1ccc(C)c(S(=O)(=O)NC)c1. The van der Waals surface area contributed by atoms with E-state index in [9.17, 15) is 8.42 Å². The van der Waals surface area contributed by atoms with E-state index in [1.54, 1.807) is 25.1 Å². The van der Waals surface area contributed by atoms with Gasteiger partial charge in [0.25, 0.3) is 0 Å². The van der Waals surface area contributed by atoms with Gasteiger partial charge in [-0.05, 0) is 50.3 Å². The van der Waals surface area contributed by atoms with Crippen molar-refractivity contribution in [1.82, 2.24) is 10.0 Å². The number of sulfonamides is 1. The van der Waals surface area contributed by atoms with Gasteiger partial charge in [0.2, 0.25) is 10.0 Å². The molecule has 0 aliphatic rings. The van der Waals surface area contributed by atoms with Crippen molar-refractivity contribution in [2.24, 2.45) is 0 Å². The van der Waals surface area contributed by atoms with Crippen molar-refractivity contribution in [3.8, 4) is 0 Å². The van der Waals surface area contributed by atoms with Crippen LogP contribution >= 0.6 is 12.2 Å². The molecule has 0 saturated carbocycles. The Morgan fingerprint density at radius 2 is 2.05 bits per heavy atom. The molecule has 5 nitrogen and oxygen atoms in total. The van der Waals surface area contributed by atoms with E-state index in [1.165, 1.54) is 7.05 Å². The van der Waals surface area contributed by atoms with Gasteiger partial charge in [0, 0.05) is 12.2 Å². The lowest BCUT2D eigenvalue weighted by Gasteiger charge is -2.12. The molecule has 0 atom stereocenters. The number of aryl methyl sites for hydroxylation is 1. The highest BCUT2D eigenvalue weighted by atomic mass is 32.2. The second-order valence-corrected chi connectivity index (χ2v) is 6.69. The second kappa shape index (κ2) is 7.56. The van der Waals surface area contributed by atoms with Gasteiger partial charge in [0.05, 0.1) is 4.90 Å². The highest BCUT2D eigenvalue weighted by Crippen LogP contribution is 2.19. The van der Waals surface area contributed by atoms with Crippen molar-refractivity contribution in [3.05, 3.63) is 23.8 Å². The zero-order chi connectivity index (χ0) is 15.2. The number of benzene rings is 1. The van der Waals surface area contributed by atoms with Crippen LogP contribution in [0.1, 0.15) is 25.3 Å². The fourth-order valence-corrected chi connectivity index (χ4v) is 2.85. The summed E-state index contributed by atoms with van der Waals surface area (Å²) in [5, 5.41) is 6.56. The summed E-state index contributed by atoms with van der Waals surface area (Å²) in [6, 6.07) is 5.13. The van der Waals surface area contributed by atoms with Crippen LogP contribution in [0.4, 0.5) is 5.69 Å². The molecule has 0 bridgehead atoms. The lowest BCUT2D eigenvalue weighted by Crippen LogP contribution is -2.29. The molecule has 1 aromatic rings. The Labute approximate surface area is 126 Å². The fraction of sp³-hybridized carbons (Fsp3) is 0.462. The number of unbranched alkanes of at least 4 members (excludes halogenated alkanes) is 1. The maximum Gasteiger partial charge on any atom is 0.240 e. The van der Waals surface area contributed by atoms with Gasteiger partial charge < -0.3 is 10.6 Å². The Hall–Kier alpha value is -1.18. The van der Waals surface area contributed by atoms with E-state index < -0.39 is 10.0 Å². The van der Waals surface area contributed by atoms with Crippen LogP contribution in [0, 0.1) is 6.92 Å². The van der Waals surface area contributed by atoms with Crippen LogP contribution in [0.25, 0.3) is 0 Å². The van der Waals surface area contributed by atoms with E-state index in [0.717, 1.165) is 19.4 Å². The zero-order valence-electron chi connectivity index (χ0n) is 12.0. The first-order chi connectivity index (χ1) is 9.40. The normalized spacial score (nSPS) is 11.2. The van der Waals surface area contributed by atoms with E-state index in [4.69, 9.17) is 12.2 Å². The summed E-state index contributed by atoms with van der Waals surface area (Å²) in [7, 11) is -2.07. The third kappa shape index (κ3) is 4.73. The van der Waals surface area contributed by atoms with Gasteiger partial charge in [-0.1, -0.05) is 19.4 Å². The monoisotopic (exact) mass is 315 g/mol. The largest absolute Gasteiger partial charge is 0.362 e. The van der Waals surface area contributed by atoms with Crippen LogP contribution in [-0.2, 0) is 10.0 Å². The first-order valence-electron chi connectivity index (χ1n) is 6.49. The Kier molecular flexibility index (Phi) is 6.38. The van der Waals surface area contributed by atoms with Gasteiger partial charge in [-0.3, -0.25) is 0 Å². The molecule has 7 heteroatoms. The summed E-state index contributed by atoms with van der Waals surface area (Å²) in [5.74, 6) is 0. The van der Waals surface area contributed by atoms with Crippen LogP contribution in [0.15, 0.2) is 23.1 Å². The molecule has 0 aromatic heterocycles. The highest BCUT2D eigenvalue weighted by molar-refractivity contribution is 7.89. The van der Waals surface area contributed by atoms with Crippen LogP contribution in [0.3, 0.4) is 0 Å². The summed E-state index contributed by atoms with van der Waals surface area (Å²) in [4.78, 5) is 0.251. The average Bonchev–Trinajstić information content (AvgIpc) is 2.41.